The number of rotatable bonds is 1. The van der Waals surface area contributed by atoms with Crippen molar-refractivity contribution in [2.24, 2.45) is 4.99 Å². The molecular formula is C22H11Br2NO2. The number of carbonyl (C=O) groups excluding carboxylic acids is 1. The average molecular weight is 481 g/mol. The summed E-state index contributed by atoms with van der Waals surface area (Å²) in [4.78, 5) is 17.4. The largest absolute Gasteiger partial charge is 0.507 e. The third kappa shape index (κ3) is 2.53. The second-order valence-electron chi connectivity index (χ2n) is 6.46. The van der Waals surface area contributed by atoms with Crippen molar-refractivity contribution < 1.29 is 9.90 Å². The number of phenols is 1. The highest BCUT2D eigenvalue weighted by Crippen LogP contribution is 2.40. The fourth-order valence-corrected chi connectivity index (χ4v) is 4.83. The first-order valence-electron chi connectivity index (χ1n) is 8.30. The molecule has 4 aromatic rings. The fourth-order valence-electron chi connectivity index (χ4n) is 3.51. The lowest BCUT2D eigenvalue weighted by Crippen LogP contribution is -2.11. The van der Waals surface area contributed by atoms with Gasteiger partial charge in [0.25, 0.3) is 0 Å². The van der Waals surface area contributed by atoms with Gasteiger partial charge in [-0.2, -0.15) is 0 Å². The van der Waals surface area contributed by atoms with Gasteiger partial charge in [-0.25, -0.2) is 4.99 Å². The van der Waals surface area contributed by atoms with Crippen molar-refractivity contribution in [2.75, 3.05) is 0 Å². The number of fused-ring (bicyclic) bond motifs is 3. The predicted octanol–water partition coefficient (Wildman–Crippen LogP) is 6.54. The molecule has 0 unspecified atom stereocenters. The SMILES string of the molecule is O=C1C(c2ccc3cc4ccccc4cc3c2O)=Nc2c(Br)cc(Br)cc21. The zero-order valence-electron chi connectivity index (χ0n) is 13.8. The monoisotopic (exact) mass is 479 g/mol. The Hall–Kier alpha value is -2.50. The summed E-state index contributed by atoms with van der Waals surface area (Å²) in [6, 6.07) is 19.3. The topological polar surface area (TPSA) is 49.7 Å². The van der Waals surface area contributed by atoms with Crippen LogP contribution >= 0.6 is 31.9 Å². The molecule has 0 aromatic heterocycles. The standard InChI is InChI=1S/C22H11Br2NO2/c23-14-9-17-19(18(24)10-14)25-20(22(17)27)15-6-5-13-7-11-3-1-2-4-12(11)8-16(13)21(15)26/h1-10,26H. The van der Waals surface area contributed by atoms with Crippen molar-refractivity contribution in [3.05, 3.63) is 80.7 Å². The molecule has 0 aliphatic carbocycles. The first kappa shape index (κ1) is 16.7. The third-order valence-electron chi connectivity index (χ3n) is 4.82. The molecule has 3 nitrogen and oxygen atoms in total. The van der Waals surface area contributed by atoms with Crippen molar-refractivity contribution in [1.29, 1.82) is 0 Å². The number of halogens is 2. The van der Waals surface area contributed by atoms with Gasteiger partial charge in [-0.05, 0) is 62.4 Å². The number of Topliss-reactive ketones (excluding diaryl/α,β-unsaturated/α-hetero) is 1. The number of aromatic hydroxyl groups is 1. The molecule has 0 bridgehead atoms. The van der Waals surface area contributed by atoms with Crippen LogP contribution in [0.2, 0.25) is 0 Å². The summed E-state index contributed by atoms with van der Waals surface area (Å²) in [5, 5.41) is 14.7. The highest BCUT2D eigenvalue weighted by Gasteiger charge is 2.30. The lowest BCUT2D eigenvalue weighted by Gasteiger charge is -2.09. The van der Waals surface area contributed by atoms with E-state index in [4.69, 9.17) is 0 Å². The molecule has 0 amide bonds. The fraction of sp³-hybridized carbons (Fsp3) is 0. The molecule has 1 heterocycles. The maximum atomic E-state index is 12.9. The van der Waals surface area contributed by atoms with Crippen LogP contribution in [0.15, 0.2) is 74.6 Å². The number of phenolic OH excluding ortho intramolecular Hbond substituents is 1. The second kappa shape index (κ2) is 6.01. The van der Waals surface area contributed by atoms with Gasteiger partial charge in [-0.15, -0.1) is 0 Å². The predicted molar refractivity (Wildman–Crippen MR) is 115 cm³/mol. The van der Waals surface area contributed by atoms with Gasteiger partial charge in [-0.3, -0.25) is 4.79 Å². The van der Waals surface area contributed by atoms with E-state index >= 15 is 0 Å². The molecule has 5 heteroatoms. The molecule has 27 heavy (non-hydrogen) atoms. The molecule has 4 aromatic carbocycles. The number of hydrogen-bond donors (Lipinski definition) is 1. The lowest BCUT2D eigenvalue weighted by molar-refractivity contribution is 0.107. The normalized spacial score (nSPS) is 13.3. The number of aliphatic imine (C=N–C) groups is 1. The van der Waals surface area contributed by atoms with Gasteiger partial charge < -0.3 is 5.11 Å². The average Bonchev–Trinajstić information content (AvgIpc) is 2.98. The zero-order chi connectivity index (χ0) is 18.7. The molecule has 0 saturated carbocycles. The molecule has 1 aliphatic rings. The Kier molecular flexibility index (Phi) is 3.71. The Morgan fingerprint density at radius 2 is 1.56 bits per heavy atom. The van der Waals surface area contributed by atoms with E-state index < -0.39 is 0 Å². The minimum absolute atomic E-state index is 0.0772. The summed E-state index contributed by atoms with van der Waals surface area (Å²) in [5.74, 6) is -0.115. The Morgan fingerprint density at radius 1 is 0.815 bits per heavy atom. The Bertz CT molecular complexity index is 1330. The van der Waals surface area contributed by atoms with Crippen LogP contribution < -0.4 is 0 Å². The molecule has 0 atom stereocenters. The van der Waals surface area contributed by atoms with Gasteiger partial charge in [0.2, 0.25) is 5.78 Å². The van der Waals surface area contributed by atoms with Crippen molar-refractivity contribution in [1.82, 2.24) is 0 Å². The summed E-state index contributed by atoms with van der Waals surface area (Å²) in [5.41, 5.74) is 1.82. The molecule has 0 fully saturated rings. The van der Waals surface area contributed by atoms with Crippen LogP contribution in [0, 0.1) is 0 Å². The summed E-state index contributed by atoms with van der Waals surface area (Å²) < 4.78 is 1.54. The smallest absolute Gasteiger partial charge is 0.214 e. The third-order valence-corrected chi connectivity index (χ3v) is 5.89. The Labute approximate surface area is 171 Å². The van der Waals surface area contributed by atoms with Crippen LogP contribution in [-0.4, -0.2) is 16.6 Å². The molecular weight excluding hydrogens is 470 g/mol. The molecule has 0 spiro atoms. The van der Waals surface area contributed by atoms with Gasteiger partial charge in [-0.1, -0.05) is 46.3 Å². The van der Waals surface area contributed by atoms with E-state index in [2.05, 4.69) is 36.9 Å². The Balaban J connectivity index is 1.73. The number of ketones is 1. The van der Waals surface area contributed by atoms with Gasteiger partial charge >= 0.3 is 0 Å². The highest BCUT2D eigenvalue weighted by atomic mass is 79.9. The zero-order valence-corrected chi connectivity index (χ0v) is 17.0. The van der Waals surface area contributed by atoms with Crippen LogP contribution in [0.3, 0.4) is 0 Å². The maximum Gasteiger partial charge on any atom is 0.214 e. The first-order valence-corrected chi connectivity index (χ1v) is 9.89. The minimum Gasteiger partial charge on any atom is -0.507 e. The van der Waals surface area contributed by atoms with Gasteiger partial charge in [0.05, 0.1) is 11.3 Å². The molecule has 1 aliphatic heterocycles. The number of carbonyl (C=O) groups is 1. The van der Waals surface area contributed by atoms with Gasteiger partial charge in [0.15, 0.2) is 0 Å². The minimum atomic E-state index is -0.192. The lowest BCUT2D eigenvalue weighted by atomic mass is 9.96. The summed E-state index contributed by atoms with van der Waals surface area (Å²) in [6.45, 7) is 0. The van der Waals surface area contributed by atoms with Gasteiger partial charge in [0.1, 0.15) is 11.5 Å². The van der Waals surface area contributed by atoms with E-state index in [0.29, 0.717) is 22.2 Å². The van der Waals surface area contributed by atoms with Crippen molar-refractivity contribution >= 4 is 70.6 Å². The highest BCUT2D eigenvalue weighted by molar-refractivity contribution is 9.11. The summed E-state index contributed by atoms with van der Waals surface area (Å²) in [6.07, 6.45) is 0. The van der Waals surface area contributed by atoms with Crippen molar-refractivity contribution in [2.45, 2.75) is 0 Å². The van der Waals surface area contributed by atoms with E-state index in [9.17, 15) is 9.90 Å². The van der Waals surface area contributed by atoms with E-state index in [1.807, 2.05) is 48.5 Å². The van der Waals surface area contributed by atoms with E-state index in [0.717, 1.165) is 25.1 Å². The van der Waals surface area contributed by atoms with Gasteiger partial charge in [0, 0.05) is 19.9 Å². The van der Waals surface area contributed by atoms with Crippen molar-refractivity contribution in [3.63, 3.8) is 0 Å². The summed E-state index contributed by atoms with van der Waals surface area (Å²) >= 11 is 6.87. The quantitative estimate of drug-likeness (QED) is 0.314. The molecule has 5 rings (SSSR count). The molecule has 1 N–H and O–H groups in total. The van der Waals surface area contributed by atoms with E-state index in [-0.39, 0.29) is 17.2 Å². The Morgan fingerprint density at radius 3 is 2.33 bits per heavy atom. The molecule has 0 radical (unpaired) electrons. The second-order valence-corrected chi connectivity index (χ2v) is 8.23. The van der Waals surface area contributed by atoms with E-state index in [1.165, 1.54) is 0 Å². The van der Waals surface area contributed by atoms with Crippen LogP contribution in [0.1, 0.15) is 15.9 Å². The van der Waals surface area contributed by atoms with Crippen LogP contribution in [0.5, 0.6) is 5.75 Å². The van der Waals surface area contributed by atoms with Crippen molar-refractivity contribution in [3.8, 4) is 5.75 Å². The first-order chi connectivity index (χ1) is 13.0. The number of nitrogens with zero attached hydrogens (tertiary/aromatic N) is 1. The van der Waals surface area contributed by atoms with Crippen LogP contribution in [-0.2, 0) is 0 Å². The van der Waals surface area contributed by atoms with E-state index in [1.54, 1.807) is 12.1 Å². The molecule has 130 valence electrons. The number of hydrogen-bond acceptors (Lipinski definition) is 3. The maximum absolute atomic E-state index is 12.9. The van der Waals surface area contributed by atoms with Crippen LogP contribution in [0.4, 0.5) is 5.69 Å². The number of benzene rings is 4. The van der Waals surface area contributed by atoms with Crippen LogP contribution in [0.25, 0.3) is 21.5 Å². The molecule has 0 saturated heterocycles. The summed E-state index contributed by atoms with van der Waals surface area (Å²) in [7, 11) is 0.